The Kier molecular flexibility index (Phi) is 7.68. The highest BCUT2D eigenvalue weighted by atomic mass is 35.5. The second kappa shape index (κ2) is 10.2. The highest BCUT2D eigenvalue weighted by Gasteiger charge is 2.21. The Bertz CT molecular complexity index is 781. The highest BCUT2D eigenvalue weighted by Crippen LogP contribution is 2.32. The van der Waals surface area contributed by atoms with E-state index in [4.69, 9.17) is 33.7 Å². The van der Waals surface area contributed by atoms with Gasteiger partial charge in [-0.25, -0.2) is 0 Å². The molecule has 1 aliphatic rings. The summed E-state index contributed by atoms with van der Waals surface area (Å²) in [5.74, 6) is 0.947. The van der Waals surface area contributed by atoms with E-state index in [0.717, 1.165) is 56.9 Å². The number of rotatable bonds is 8. The second-order valence-electron chi connectivity index (χ2n) is 7.00. The summed E-state index contributed by atoms with van der Waals surface area (Å²) in [6.07, 6.45) is 3.16. The molecule has 0 spiro atoms. The molecule has 4 N–H and O–H groups in total. The van der Waals surface area contributed by atoms with Crippen LogP contribution in [0.3, 0.4) is 0 Å². The van der Waals surface area contributed by atoms with Gasteiger partial charge in [-0.15, -0.1) is 0 Å². The van der Waals surface area contributed by atoms with Gasteiger partial charge in [-0.3, -0.25) is 4.90 Å². The molecule has 1 atom stereocenters. The fourth-order valence-electron chi connectivity index (χ4n) is 3.60. The lowest BCUT2D eigenvalue weighted by Crippen LogP contribution is -2.51. The van der Waals surface area contributed by atoms with Crippen molar-refractivity contribution in [2.75, 3.05) is 44.3 Å². The molecule has 7 heteroatoms. The Morgan fingerprint density at radius 1 is 1.18 bits per heavy atom. The monoisotopic (exact) mass is 422 g/mol. The van der Waals surface area contributed by atoms with Crippen LogP contribution in [0.1, 0.15) is 18.4 Å². The first-order valence-electron chi connectivity index (χ1n) is 9.66. The Morgan fingerprint density at radius 2 is 1.89 bits per heavy atom. The number of nitrogens with two attached hydrogens (primary N) is 1. The molecule has 0 amide bonds. The average molecular weight is 423 g/mol. The minimum Gasteiger partial charge on any atom is -0.496 e. The number of methoxy groups -OCH3 is 1. The summed E-state index contributed by atoms with van der Waals surface area (Å²) in [7, 11) is 1.72. The maximum absolute atomic E-state index is 6.21. The van der Waals surface area contributed by atoms with Gasteiger partial charge in [0.25, 0.3) is 0 Å². The Hall–Kier alpha value is -1.66. The number of halogens is 2. The van der Waals surface area contributed by atoms with Gasteiger partial charge in [-0.2, -0.15) is 0 Å². The lowest BCUT2D eigenvalue weighted by atomic mass is 10.1. The molecular weight excluding hydrogens is 395 g/mol. The van der Waals surface area contributed by atoms with Crippen molar-refractivity contribution >= 4 is 34.6 Å². The van der Waals surface area contributed by atoms with Crippen LogP contribution in [0.4, 0.5) is 11.4 Å². The lowest BCUT2D eigenvalue weighted by Gasteiger charge is -2.36. The number of nitrogen functional groups attached to an aromatic ring is 1. The number of piperazine rings is 1. The van der Waals surface area contributed by atoms with Crippen molar-refractivity contribution in [1.29, 1.82) is 0 Å². The van der Waals surface area contributed by atoms with E-state index in [1.165, 1.54) is 5.56 Å². The van der Waals surface area contributed by atoms with Gasteiger partial charge in [0.15, 0.2) is 0 Å². The number of anilines is 2. The van der Waals surface area contributed by atoms with E-state index >= 15 is 0 Å². The normalized spacial score (nSPS) is 16.0. The molecule has 1 unspecified atom stereocenters. The van der Waals surface area contributed by atoms with E-state index < -0.39 is 0 Å². The molecule has 0 aromatic heterocycles. The SMILES string of the molecule is COc1ccccc1CCCC(Nc1cc(Cl)c(Cl)cc1N)N1CCNCC1. The van der Waals surface area contributed by atoms with Crippen molar-refractivity contribution < 1.29 is 4.74 Å². The molecule has 0 aliphatic carbocycles. The summed E-state index contributed by atoms with van der Waals surface area (Å²) in [5, 5.41) is 7.99. The van der Waals surface area contributed by atoms with Gasteiger partial charge in [0.1, 0.15) is 5.75 Å². The molecular formula is C21H28Cl2N4O. The van der Waals surface area contributed by atoms with Gasteiger partial charge >= 0.3 is 0 Å². The first-order valence-corrected chi connectivity index (χ1v) is 10.4. The predicted octanol–water partition coefficient (Wildman–Crippen LogP) is 4.25. The largest absolute Gasteiger partial charge is 0.496 e. The van der Waals surface area contributed by atoms with E-state index in [1.807, 2.05) is 18.2 Å². The van der Waals surface area contributed by atoms with Crippen LogP contribution in [0.25, 0.3) is 0 Å². The molecule has 0 saturated carbocycles. The molecule has 1 heterocycles. The van der Waals surface area contributed by atoms with Crippen molar-refractivity contribution in [2.45, 2.75) is 25.4 Å². The van der Waals surface area contributed by atoms with Crippen LogP contribution >= 0.6 is 23.2 Å². The summed E-state index contributed by atoms with van der Waals surface area (Å²) in [5.41, 5.74) is 8.85. The molecule has 0 radical (unpaired) electrons. The fraction of sp³-hybridized carbons (Fsp3) is 0.429. The van der Waals surface area contributed by atoms with Crippen molar-refractivity contribution in [3.05, 3.63) is 52.0 Å². The summed E-state index contributed by atoms with van der Waals surface area (Å²) in [6, 6.07) is 11.7. The zero-order valence-corrected chi connectivity index (χ0v) is 17.7. The van der Waals surface area contributed by atoms with Crippen molar-refractivity contribution in [1.82, 2.24) is 10.2 Å². The number of nitrogens with one attached hydrogen (secondary N) is 2. The third-order valence-electron chi connectivity index (χ3n) is 5.12. The number of benzene rings is 2. The summed E-state index contributed by atoms with van der Waals surface area (Å²) >= 11 is 12.3. The number of hydrogen-bond acceptors (Lipinski definition) is 5. The zero-order valence-electron chi connectivity index (χ0n) is 16.2. The molecule has 152 valence electrons. The second-order valence-corrected chi connectivity index (χ2v) is 7.82. The van der Waals surface area contributed by atoms with Crippen molar-refractivity contribution in [3.63, 3.8) is 0 Å². The number of nitrogens with zero attached hydrogens (tertiary/aromatic N) is 1. The topological polar surface area (TPSA) is 62.6 Å². The van der Waals surface area contributed by atoms with Gasteiger partial charge in [0, 0.05) is 26.2 Å². The maximum atomic E-state index is 6.21. The Morgan fingerprint density at radius 3 is 2.64 bits per heavy atom. The Balaban J connectivity index is 1.69. The average Bonchev–Trinajstić information content (AvgIpc) is 2.72. The molecule has 5 nitrogen and oxygen atoms in total. The number of para-hydroxylation sites is 1. The van der Waals surface area contributed by atoms with Crippen molar-refractivity contribution in [3.8, 4) is 5.75 Å². The summed E-state index contributed by atoms with van der Waals surface area (Å²) < 4.78 is 5.48. The molecule has 2 aromatic rings. The minimum atomic E-state index is 0.177. The number of hydrogen-bond donors (Lipinski definition) is 3. The molecule has 28 heavy (non-hydrogen) atoms. The highest BCUT2D eigenvalue weighted by molar-refractivity contribution is 6.42. The Labute approximate surface area is 177 Å². The number of aryl methyl sites for hydroxylation is 1. The first kappa shape index (κ1) is 21.1. The molecule has 1 fully saturated rings. The third-order valence-corrected chi connectivity index (χ3v) is 5.85. The van der Waals surface area contributed by atoms with Gasteiger partial charge in [-0.05, 0) is 43.0 Å². The van der Waals surface area contributed by atoms with Crippen LogP contribution in [0, 0.1) is 0 Å². The van der Waals surface area contributed by atoms with E-state index in [-0.39, 0.29) is 6.17 Å². The van der Waals surface area contributed by atoms with E-state index in [1.54, 1.807) is 13.2 Å². The third kappa shape index (κ3) is 5.45. The molecule has 2 aromatic carbocycles. The standard InChI is InChI=1S/C21H28Cl2N4O/c1-28-20-7-3-2-5-15(20)6-4-8-21(27-11-9-25-10-12-27)26-19-14-17(23)16(22)13-18(19)24/h2-3,5,7,13-14,21,25-26H,4,6,8-12,24H2,1H3. The van der Waals surface area contributed by atoms with E-state index in [9.17, 15) is 0 Å². The van der Waals surface area contributed by atoms with Gasteiger partial charge in [0.2, 0.25) is 0 Å². The van der Waals surface area contributed by atoms with Crippen molar-refractivity contribution in [2.24, 2.45) is 0 Å². The van der Waals surface area contributed by atoms with Crippen LogP contribution in [-0.2, 0) is 6.42 Å². The van der Waals surface area contributed by atoms with Crippen LogP contribution < -0.4 is 21.1 Å². The maximum Gasteiger partial charge on any atom is 0.122 e. The van der Waals surface area contributed by atoms with E-state index in [2.05, 4.69) is 27.7 Å². The first-order chi connectivity index (χ1) is 13.6. The lowest BCUT2D eigenvalue weighted by molar-refractivity contribution is 0.180. The van der Waals surface area contributed by atoms with Crippen LogP contribution in [0.2, 0.25) is 10.0 Å². The summed E-state index contributed by atoms with van der Waals surface area (Å²) in [4.78, 5) is 2.46. The molecule has 1 aliphatic heterocycles. The van der Waals surface area contributed by atoms with Gasteiger partial charge in [0.05, 0.1) is 34.7 Å². The smallest absolute Gasteiger partial charge is 0.122 e. The summed E-state index contributed by atoms with van der Waals surface area (Å²) in [6.45, 7) is 3.96. The van der Waals surface area contributed by atoms with Crippen LogP contribution in [0.5, 0.6) is 5.75 Å². The quantitative estimate of drug-likeness (QED) is 0.554. The van der Waals surface area contributed by atoms with Crippen LogP contribution in [0.15, 0.2) is 36.4 Å². The molecule has 0 bridgehead atoms. The van der Waals surface area contributed by atoms with Gasteiger partial charge in [-0.1, -0.05) is 41.4 Å². The predicted molar refractivity (Wildman–Crippen MR) is 119 cm³/mol. The fourth-order valence-corrected chi connectivity index (χ4v) is 3.94. The molecule has 3 rings (SSSR count). The molecule has 1 saturated heterocycles. The zero-order chi connectivity index (χ0) is 19.9. The van der Waals surface area contributed by atoms with E-state index in [0.29, 0.717) is 15.7 Å². The number of ether oxygens (including phenoxy) is 1. The van der Waals surface area contributed by atoms with Gasteiger partial charge < -0.3 is 21.1 Å². The van der Waals surface area contributed by atoms with Crippen LogP contribution in [-0.4, -0.2) is 44.4 Å². The minimum absolute atomic E-state index is 0.177.